The molecule has 0 fully saturated rings. The van der Waals surface area contributed by atoms with Gasteiger partial charge in [0.15, 0.2) is 0 Å². The van der Waals surface area contributed by atoms with Crippen LogP contribution in [-0.2, 0) is 39.0 Å². The van der Waals surface area contributed by atoms with Crippen molar-refractivity contribution in [3.8, 4) is 0 Å². The molecule has 1 aromatic carbocycles. The van der Waals surface area contributed by atoms with Crippen LogP contribution in [0.5, 0.6) is 0 Å². The maximum absolute atomic E-state index is 3.12. The molecule has 0 unspecified atom stereocenters. The van der Waals surface area contributed by atoms with Gasteiger partial charge in [0, 0.05) is 0 Å². The fourth-order valence-corrected chi connectivity index (χ4v) is 2.79. The molecule has 0 nitrogen and oxygen atoms in total. The van der Waals surface area contributed by atoms with Crippen LogP contribution in [0.1, 0.15) is 48.4 Å². The van der Waals surface area contributed by atoms with Crippen molar-refractivity contribution in [2.45, 2.75) is 52.9 Å². The van der Waals surface area contributed by atoms with E-state index in [1.807, 2.05) is 0 Å². The van der Waals surface area contributed by atoms with Gasteiger partial charge < -0.3 is 24.8 Å². The van der Waals surface area contributed by atoms with Gasteiger partial charge in [0.1, 0.15) is 0 Å². The maximum atomic E-state index is 3.12. The third-order valence-corrected chi connectivity index (χ3v) is 3.72. The summed E-state index contributed by atoms with van der Waals surface area (Å²) in [6.45, 7) is 6.55. The van der Waals surface area contributed by atoms with E-state index in [-0.39, 0.29) is 51.0 Å². The van der Waals surface area contributed by atoms with Gasteiger partial charge in [-0.3, -0.25) is 6.08 Å². The number of allylic oxidation sites excluding steroid dienone is 4. The molecule has 0 aliphatic heterocycles. The van der Waals surface area contributed by atoms with Crippen molar-refractivity contribution in [1.82, 2.24) is 0 Å². The van der Waals surface area contributed by atoms with Crippen molar-refractivity contribution >= 4 is 0 Å². The molecule has 1 aromatic rings. The smallest absolute Gasteiger partial charge is 1.00 e. The predicted molar refractivity (Wildman–Crippen MR) is 74.3 cm³/mol. The minimum Gasteiger partial charge on any atom is -1.00 e. The molecule has 2 aliphatic carbocycles. The molecule has 0 amide bonds. The Balaban J connectivity index is 0. The van der Waals surface area contributed by atoms with Crippen LogP contribution in [0.4, 0.5) is 0 Å². The standard InChI is InChI=1S/C11H15.C6H7.2ClH.Zr/c1-8-7-9(2)11-6-4-3-5-10(8)11;1-6-4-2-3-5-6;;;/h7H,3-6H2,1-2H3;2,4H,3H2,1H3;2*1H;/q2*-1;;;+4/p-2. The van der Waals surface area contributed by atoms with E-state index in [9.17, 15) is 0 Å². The van der Waals surface area contributed by atoms with Crippen LogP contribution in [0.15, 0.2) is 23.8 Å². The third-order valence-electron chi connectivity index (χ3n) is 3.72. The van der Waals surface area contributed by atoms with E-state index in [1.54, 1.807) is 11.1 Å². The molecule has 3 heteroatoms. The topological polar surface area (TPSA) is 0 Å². The van der Waals surface area contributed by atoms with Crippen LogP contribution in [-0.4, -0.2) is 0 Å². The van der Waals surface area contributed by atoms with Crippen molar-refractivity contribution in [1.29, 1.82) is 0 Å². The van der Waals surface area contributed by atoms with E-state index in [0.717, 1.165) is 6.42 Å². The number of hydrogen-bond acceptors (Lipinski definition) is 0. The fourth-order valence-electron chi connectivity index (χ4n) is 2.79. The van der Waals surface area contributed by atoms with Gasteiger partial charge in [0.2, 0.25) is 0 Å². The molecule has 0 bridgehead atoms. The zero-order valence-electron chi connectivity index (χ0n) is 12.5. The minimum atomic E-state index is 0. The summed E-state index contributed by atoms with van der Waals surface area (Å²) in [6, 6.07) is 2.34. The first-order chi connectivity index (χ1) is 8.18. The Morgan fingerprint density at radius 1 is 1.10 bits per heavy atom. The molecule has 0 radical (unpaired) electrons. The van der Waals surface area contributed by atoms with Gasteiger partial charge >= 0.3 is 26.2 Å². The molecule has 0 aromatic heterocycles. The van der Waals surface area contributed by atoms with Gasteiger partial charge in [0.25, 0.3) is 0 Å². The first-order valence-electron chi connectivity index (χ1n) is 6.67. The van der Waals surface area contributed by atoms with Gasteiger partial charge in [-0.05, 0) is 0 Å². The van der Waals surface area contributed by atoms with Gasteiger partial charge in [-0.2, -0.15) is 34.4 Å². The zero-order valence-corrected chi connectivity index (χ0v) is 16.5. The Kier molecular flexibility index (Phi) is 12.3. The first-order valence-corrected chi connectivity index (χ1v) is 6.67. The van der Waals surface area contributed by atoms with Crippen LogP contribution in [0.3, 0.4) is 0 Å². The molecule has 0 atom stereocenters. The second-order valence-corrected chi connectivity index (χ2v) is 5.14. The molecule has 0 saturated heterocycles. The average Bonchev–Trinajstić information content (AvgIpc) is 2.90. The normalized spacial score (nSPS) is 14.7. The van der Waals surface area contributed by atoms with E-state index in [0.29, 0.717) is 0 Å². The van der Waals surface area contributed by atoms with Gasteiger partial charge in [-0.25, -0.2) is 11.6 Å². The van der Waals surface area contributed by atoms with E-state index in [4.69, 9.17) is 0 Å². The molecule has 0 saturated carbocycles. The molecular formula is C17H22Cl2Zr. The van der Waals surface area contributed by atoms with Crippen molar-refractivity contribution in [3.63, 3.8) is 0 Å². The van der Waals surface area contributed by atoms with E-state index in [2.05, 4.69) is 45.1 Å². The Morgan fingerprint density at radius 2 is 1.75 bits per heavy atom. The Labute approximate surface area is 155 Å². The van der Waals surface area contributed by atoms with Crippen molar-refractivity contribution in [2.24, 2.45) is 0 Å². The Bertz CT molecular complexity index is 427. The number of halogens is 2. The zero-order chi connectivity index (χ0) is 12.3. The summed E-state index contributed by atoms with van der Waals surface area (Å²) in [7, 11) is 0. The largest absolute Gasteiger partial charge is 4.00 e. The molecule has 0 heterocycles. The quantitative estimate of drug-likeness (QED) is 0.480. The van der Waals surface area contributed by atoms with E-state index >= 15 is 0 Å². The summed E-state index contributed by atoms with van der Waals surface area (Å²) < 4.78 is 0. The summed E-state index contributed by atoms with van der Waals surface area (Å²) in [4.78, 5) is 0. The Morgan fingerprint density at radius 3 is 2.20 bits per heavy atom. The number of fused-ring (bicyclic) bond motifs is 1. The van der Waals surface area contributed by atoms with Crippen molar-refractivity contribution in [3.05, 3.63) is 52.1 Å². The van der Waals surface area contributed by atoms with E-state index in [1.165, 1.54) is 42.4 Å². The molecule has 2 aliphatic rings. The van der Waals surface area contributed by atoms with Crippen LogP contribution in [0, 0.1) is 19.9 Å². The summed E-state index contributed by atoms with van der Waals surface area (Å²) in [5.41, 5.74) is 7.65. The fraction of sp³-hybridized carbons (Fsp3) is 0.471. The summed E-state index contributed by atoms with van der Waals surface area (Å²) in [5.74, 6) is 0. The first kappa shape index (κ1) is 22.6. The van der Waals surface area contributed by atoms with Gasteiger partial charge in [-0.15, -0.1) is 6.42 Å². The summed E-state index contributed by atoms with van der Waals surface area (Å²) in [5, 5.41) is 0. The van der Waals surface area contributed by atoms with Crippen molar-refractivity contribution in [2.75, 3.05) is 0 Å². The average molecular weight is 388 g/mol. The van der Waals surface area contributed by atoms with Crippen molar-refractivity contribution < 1.29 is 51.0 Å². The molecular weight excluding hydrogens is 366 g/mol. The van der Waals surface area contributed by atoms with Gasteiger partial charge in [-0.1, -0.05) is 46.5 Å². The molecule has 20 heavy (non-hydrogen) atoms. The molecule has 0 spiro atoms. The van der Waals surface area contributed by atoms with Crippen LogP contribution < -0.4 is 24.8 Å². The monoisotopic (exact) mass is 386 g/mol. The summed E-state index contributed by atoms with van der Waals surface area (Å²) >= 11 is 0. The number of rotatable bonds is 0. The molecule has 3 rings (SSSR count). The van der Waals surface area contributed by atoms with E-state index < -0.39 is 0 Å². The maximum Gasteiger partial charge on any atom is 4.00 e. The number of hydrogen-bond donors (Lipinski definition) is 0. The second-order valence-electron chi connectivity index (χ2n) is 5.14. The third kappa shape index (κ3) is 5.96. The predicted octanol–water partition coefficient (Wildman–Crippen LogP) is -1.40. The SMILES string of the molecule is CC1=[C-]CC=C1.Cc1c[c-](C)c2c1CCCC2.[Cl-].[Cl-].[Zr+4]. The Hall–Kier alpha value is 0.293. The second kappa shape index (κ2) is 10.9. The van der Waals surface area contributed by atoms with Crippen LogP contribution >= 0.6 is 0 Å². The van der Waals surface area contributed by atoms with Crippen LogP contribution in [0.2, 0.25) is 0 Å². The minimum absolute atomic E-state index is 0. The molecule has 0 N–H and O–H groups in total. The molecule has 108 valence electrons. The van der Waals surface area contributed by atoms with Crippen LogP contribution in [0.25, 0.3) is 0 Å². The number of aryl methyl sites for hydroxylation is 2. The summed E-state index contributed by atoms with van der Waals surface area (Å²) in [6.07, 6.45) is 13.8. The van der Waals surface area contributed by atoms with Gasteiger partial charge in [0.05, 0.1) is 0 Å².